The standard InChI is InChI=1S/C15H17N3.ClH/c1-2-4-13(5-3-1)18-11-8-16-15(18)14-12-6-9-17(14)10-7-12;/h1-5,8,11-12,14H,6-7,9-10H2;1H. The lowest BCUT2D eigenvalue weighted by molar-refractivity contribution is 0.293. The first kappa shape index (κ1) is 12.7. The summed E-state index contributed by atoms with van der Waals surface area (Å²) in [7, 11) is 0. The summed E-state index contributed by atoms with van der Waals surface area (Å²) < 4.78 is 2.25. The van der Waals surface area contributed by atoms with Crippen LogP contribution in [0, 0.1) is 5.92 Å². The zero-order valence-electron chi connectivity index (χ0n) is 10.8. The molecule has 3 nitrogen and oxygen atoms in total. The zero-order chi connectivity index (χ0) is 11.9. The molecule has 1 atom stereocenters. The van der Waals surface area contributed by atoms with Gasteiger partial charge in [0.15, 0.2) is 0 Å². The van der Waals surface area contributed by atoms with Gasteiger partial charge in [0, 0.05) is 18.1 Å². The van der Waals surface area contributed by atoms with Gasteiger partial charge in [0.05, 0.1) is 6.04 Å². The average Bonchev–Trinajstić information content (AvgIpc) is 3.13. The summed E-state index contributed by atoms with van der Waals surface area (Å²) in [4.78, 5) is 7.23. The molecule has 0 saturated carbocycles. The summed E-state index contributed by atoms with van der Waals surface area (Å²) in [5.74, 6) is 2.04. The van der Waals surface area contributed by atoms with Crippen LogP contribution in [0.3, 0.4) is 0 Å². The Morgan fingerprint density at radius 1 is 1.05 bits per heavy atom. The molecule has 19 heavy (non-hydrogen) atoms. The van der Waals surface area contributed by atoms with E-state index >= 15 is 0 Å². The molecule has 2 fully saturated rings. The Morgan fingerprint density at radius 2 is 1.79 bits per heavy atom. The van der Waals surface area contributed by atoms with Crippen LogP contribution in [-0.4, -0.2) is 27.5 Å². The summed E-state index contributed by atoms with van der Waals surface area (Å²) in [6.07, 6.45) is 6.70. The molecule has 4 rings (SSSR count). The molecule has 0 amide bonds. The number of fused-ring (bicyclic) bond motifs is 2. The van der Waals surface area contributed by atoms with E-state index in [1.54, 1.807) is 0 Å². The van der Waals surface area contributed by atoms with Gasteiger partial charge in [0.1, 0.15) is 5.82 Å². The monoisotopic (exact) mass is 275 g/mol. The topological polar surface area (TPSA) is 21.1 Å². The van der Waals surface area contributed by atoms with Crippen LogP contribution in [0.1, 0.15) is 24.7 Å². The summed E-state index contributed by atoms with van der Waals surface area (Å²) in [5, 5.41) is 0. The minimum atomic E-state index is 0. The highest BCUT2D eigenvalue weighted by Crippen LogP contribution is 2.44. The largest absolute Gasteiger partial charge is 0.302 e. The van der Waals surface area contributed by atoms with Crippen LogP contribution in [0.2, 0.25) is 0 Å². The number of hydrogen-bond donors (Lipinski definition) is 0. The van der Waals surface area contributed by atoms with Crippen LogP contribution < -0.4 is 0 Å². The van der Waals surface area contributed by atoms with Crippen LogP contribution in [0.15, 0.2) is 42.7 Å². The number of piperidine rings is 1. The third-order valence-corrected chi connectivity index (χ3v) is 4.38. The van der Waals surface area contributed by atoms with Crippen molar-refractivity contribution in [2.45, 2.75) is 18.9 Å². The lowest BCUT2D eigenvalue weighted by Crippen LogP contribution is -2.22. The van der Waals surface area contributed by atoms with Gasteiger partial charge in [-0.2, -0.15) is 0 Å². The quantitative estimate of drug-likeness (QED) is 0.840. The molecule has 0 aliphatic carbocycles. The van der Waals surface area contributed by atoms with E-state index in [2.05, 4.69) is 51.0 Å². The SMILES string of the molecule is Cl.c1ccc(-n2ccnc2C2C3CCN2CC3)cc1. The van der Waals surface area contributed by atoms with Gasteiger partial charge in [0.2, 0.25) is 0 Å². The Hall–Kier alpha value is -1.32. The molecule has 1 aromatic carbocycles. The molecule has 1 aromatic heterocycles. The maximum absolute atomic E-state index is 4.64. The predicted octanol–water partition coefficient (Wildman–Crippen LogP) is 3.06. The number of rotatable bonds is 2. The highest BCUT2D eigenvalue weighted by molar-refractivity contribution is 5.85. The molecule has 2 bridgehead atoms. The average molecular weight is 276 g/mol. The number of para-hydroxylation sites is 1. The van der Waals surface area contributed by atoms with Crippen LogP contribution in [0.4, 0.5) is 0 Å². The molecule has 2 aliphatic rings. The second-order valence-electron chi connectivity index (χ2n) is 5.31. The Morgan fingerprint density at radius 3 is 2.42 bits per heavy atom. The van der Waals surface area contributed by atoms with Crippen molar-refractivity contribution in [3.05, 3.63) is 48.5 Å². The van der Waals surface area contributed by atoms with Gasteiger partial charge < -0.3 is 4.57 Å². The van der Waals surface area contributed by atoms with E-state index < -0.39 is 0 Å². The van der Waals surface area contributed by atoms with Gasteiger partial charge in [-0.25, -0.2) is 4.98 Å². The van der Waals surface area contributed by atoms with Crippen molar-refractivity contribution in [3.8, 4) is 5.69 Å². The van der Waals surface area contributed by atoms with Gasteiger partial charge in [-0.3, -0.25) is 4.90 Å². The van der Waals surface area contributed by atoms with Gasteiger partial charge in [-0.05, 0) is 44.0 Å². The number of nitrogens with zero attached hydrogens (tertiary/aromatic N) is 3. The number of halogens is 1. The van der Waals surface area contributed by atoms with E-state index in [9.17, 15) is 0 Å². The molecule has 3 heterocycles. The van der Waals surface area contributed by atoms with Crippen molar-refractivity contribution in [2.24, 2.45) is 5.92 Å². The predicted molar refractivity (Wildman–Crippen MR) is 77.9 cm³/mol. The molecule has 0 radical (unpaired) electrons. The van der Waals surface area contributed by atoms with E-state index in [-0.39, 0.29) is 12.4 Å². The second-order valence-corrected chi connectivity index (χ2v) is 5.31. The second kappa shape index (κ2) is 4.99. The third kappa shape index (κ3) is 1.97. The van der Waals surface area contributed by atoms with E-state index in [1.165, 1.54) is 37.4 Å². The van der Waals surface area contributed by atoms with Crippen molar-refractivity contribution >= 4 is 12.4 Å². The zero-order valence-corrected chi connectivity index (χ0v) is 11.6. The molecule has 100 valence electrons. The fourth-order valence-corrected chi connectivity index (χ4v) is 3.53. The van der Waals surface area contributed by atoms with Crippen molar-refractivity contribution in [1.82, 2.24) is 14.5 Å². The molecule has 0 N–H and O–H groups in total. The van der Waals surface area contributed by atoms with Crippen molar-refractivity contribution in [3.63, 3.8) is 0 Å². The van der Waals surface area contributed by atoms with Gasteiger partial charge in [0.25, 0.3) is 0 Å². The van der Waals surface area contributed by atoms with Crippen molar-refractivity contribution in [2.75, 3.05) is 13.1 Å². The molecular formula is C15H18ClN3. The maximum Gasteiger partial charge on any atom is 0.130 e. The minimum absolute atomic E-state index is 0. The first-order valence-corrected chi connectivity index (χ1v) is 6.76. The van der Waals surface area contributed by atoms with Crippen molar-refractivity contribution < 1.29 is 0 Å². The molecule has 1 unspecified atom stereocenters. The number of benzene rings is 1. The van der Waals surface area contributed by atoms with Crippen LogP contribution in [-0.2, 0) is 0 Å². The Bertz CT molecular complexity index is 532. The maximum atomic E-state index is 4.64. The number of aromatic nitrogens is 2. The lowest BCUT2D eigenvalue weighted by Gasteiger charge is -2.19. The van der Waals surface area contributed by atoms with E-state index in [0.29, 0.717) is 6.04 Å². The van der Waals surface area contributed by atoms with E-state index in [4.69, 9.17) is 0 Å². The van der Waals surface area contributed by atoms with Crippen LogP contribution in [0.5, 0.6) is 0 Å². The first-order valence-electron chi connectivity index (χ1n) is 6.76. The minimum Gasteiger partial charge on any atom is -0.302 e. The fraction of sp³-hybridized carbons (Fsp3) is 0.400. The third-order valence-electron chi connectivity index (χ3n) is 4.38. The summed E-state index contributed by atoms with van der Waals surface area (Å²) in [6, 6.07) is 11.1. The molecule has 0 spiro atoms. The molecule has 2 aliphatic heterocycles. The highest BCUT2D eigenvalue weighted by Gasteiger charge is 2.42. The van der Waals surface area contributed by atoms with Gasteiger partial charge in [-0.15, -0.1) is 12.4 Å². The Kier molecular flexibility index (Phi) is 3.33. The fourth-order valence-electron chi connectivity index (χ4n) is 3.53. The lowest BCUT2D eigenvalue weighted by atomic mass is 9.99. The van der Waals surface area contributed by atoms with E-state index in [0.717, 1.165) is 5.92 Å². The summed E-state index contributed by atoms with van der Waals surface area (Å²) in [5.41, 5.74) is 1.22. The first-order chi connectivity index (χ1) is 8.93. The Balaban J connectivity index is 0.00000110. The molecular weight excluding hydrogens is 258 g/mol. The molecule has 4 heteroatoms. The number of imidazole rings is 1. The van der Waals surface area contributed by atoms with Crippen LogP contribution in [0.25, 0.3) is 5.69 Å². The van der Waals surface area contributed by atoms with Crippen molar-refractivity contribution in [1.29, 1.82) is 0 Å². The van der Waals surface area contributed by atoms with Gasteiger partial charge in [-0.1, -0.05) is 18.2 Å². The molecule has 2 saturated heterocycles. The smallest absolute Gasteiger partial charge is 0.130 e. The normalized spacial score (nSPS) is 28.3. The summed E-state index contributed by atoms with van der Waals surface area (Å²) >= 11 is 0. The highest BCUT2D eigenvalue weighted by atomic mass is 35.5. The van der Waals surface area contributed by atoms with Gasteiger partial charge >= 0.3 is 0 Å². The Labute approximate surface area is 119 Å². The number of hydrogen-bond acceptors (Lipinski definition) is 2. The molecule has 2 aromatic rings. The summed E-state index contributed by atoms with van der Waals surface area (Å²) in [6.45, 7) is 2.49. The van der Waals surface area contributed by atoms with Crippen LogP contribution >= 0.6 is 12.4 Å². The van der Waals surface area contributed by atoms with E-state index in [1.807, 2.05) is 6.20 Å².